The van der Waals surface area contributed by atoms with Crippen molar-refractivity contribution in [2.24, 2.45) is 5.73 Å². The van der Waals surface area contributed by atoms with E-state index in [1.807, 2.05) is 43.9 Å². The number of rotatable bonds is 1. The summed E-state index contributed by atoms with van der Waals surface area (Å²) in [6, 6.07) is 5.82. The molecule has 0 radical (unpaired) electrons. The normalized spacial score (nSPS) is 21.6. The van der Waals surface area contributed by atoms with E-state index in [2.05, 4.69) is 11.8 Å². The van der Waals surface area contributed by atoms with Crippen molar-refractivity contribution in [2.75, 3.05) is 19.7 Å². The summed E-state index contributed by atoms with van der Waals surface area (Å²) in [6.07, 6.45) is 0.0635. The number of nitrogens with two attached hydrogens (primary N) is 1. The van der Waals surface area contributed by atoms with Gasteiger partial charge >= 0.3 is 0 Å². The molecule has 21 heavy (non-hydrogen) atoms. The fraction of sp³-hybridized carbons (Fsp3) is 0.471. The minimum Gasteiger partial charge on any atom is -0.375 e. The van der Waals surface area contributed by atoms with Crippen LogP contribution in [0.1, 0.15) is 35.3 Å². The van der Waals surface area contributed by atoms with Gasteiger partial charge in [0.1, 0.15) is 0 Å². The first-order valence-corrected chi connectivity index (χ1v) is 7.25. The predicted octanol–water partition coefficient (Wildman–Crippen LogP) is 1.55. The summed E-state index contributed by atoms with van der Waals surface area (Å²) in [5.74, 6) is 5.83. The van der Waals surface area contributed by atoms with Crippen molar-refractivity contribution in [3.63, 3.8) is 0 Å². The second-order valence-corrected chi connectivity index (χ2v) is 5.51. The number of carbonyl (C=O) groups excluding carboxylic acids is 1. The summed E-state index contributed by atoms with van der Waals surface area (Å²) in [6.45, 7) is 7.43. The highest BCUT2D eigenvalue weighted by atomic mass is 16.5. The van der Waals surface area contributed by atoms with Gasteiger partial charge in [-0.05, 0) is 32.9 Å². The van der Waals surface area contributed by atoms with Crippen LogP contribution < -0.4 is 5.73 Å². The molecule has 1 fully saturated rings. The number of hydrogen-bond acceptors (Lipinski definition) is 3. The van der Waals surface area contributed by atoms with Crippen LogP contribution in [0.15, 0.2) is 18.2 Å². The molecule has 2 unspecified atom stereocenters. The summed E-state index contributed by atoms with van der Waals surface area (Å²) >= 11 is 0. The lowest BCUT2D eigenvalue weighted by molar-refractivity contribution is -0.0387. The highest BCUT2D eigenvalue weighted by molar-refractivity contribution is 5.97. The Morgan fingerprint density at radius 3 is 2.95 bits per heavy atom. The van der Waals surface area contributed by atoms with Crippen LogP contribution in [0.5, 0.6) is 0 Å². The number of amides is 1. The van der Waals surface area contributed by atoms with Gasteiger partial charge < -0.3 is 15.4 Å². The van der Waals surface area contributed by atoms with Crippen molar-refractivity contribution < 1.29 is 9.53 Å². The van der Waals surface area contributed by atoms with Gasteiger partial charge in [0.05, 0.1) is 30.9 Å². The Morgan fingerprint density at radius 1 is 1.48 bits per heavy atom. The SMILES string of the molecule is Cc1ccc(C#CCN)c(C(=O)N2CC(C)OCC2C)c1. The van der Waals surface area contributed by atoms with Gasteiger partial charge in [0, 0.05) is 12.1 Å². The van der Waals surface area contributed by atoms with Crippen LogP contribution in [0, 0.1) is 18.8 Å². The van der Waals surface area contributed by atoms with Crippen molar-refractivity contribution >= 4 is 5.91 Å². The molecule has 2 rings (SSSR count). The Labute approximate surface area is 126 Å². The monoisotopic (exact) mass is 286 g/mol. The molecule has 1 aromatic rings. The Hall–Kier alpha value is -1.83. The standard InChI is InChI=1S/C17H22N2O2/c1-12-6-7-15(5-4-8-18)16(9-12)17(20)19-10-14(3)21-11-13(19)2/h6-7,9,13-14H,8,10-11,18H2,1-3H3. The molecule has 0 saturated carbocycles. The van der Waals surface area contributed by atoms with Gasteiger partial charge in [-0.2, -0.15) is 0 Å². The second-order valence-electron chi connectivity index (χ2n) is 5.51. The van der Waals surface area contributed by atoms with Gasteiger partial charge in [0.15, 0.2) is 0 Å². The molecule has 0 spiro atoms. The summed E-state index contributed by atoms with van der Waals surface area (Å²) in [5.41, 5.74) is 7.87. The molecule has 2 N–H and O–H groups in total. The van der Waals surface area contributed by atoms with E-state index in [0.29, 0.717) is 18.7 Å². The fourth-order valence-electron chi connectivity index (χ4n) is 2.43. The number of benzene rings is 1. The third kappa shape index (κ3) is 3.63. The third-order valence-electron chi connectivity index (χ3n) is 3.60. The molecule has 112 valence electrons. The number of aryl methyl sites for hydroxylation is 1. The Morgan fingerprint density at radius 2 is 2.24 bits per heavy atom. The fourth-order valence-corrected chi connectivity index (χ4v) is 2.43. The lowest BCUT2D eigenvalue weighted by Crippen LogP contribution is -2.50. The highest BCUT2D eigenvalue weighted by Crippen LogP contribution is 2.19. The quantitative estimate of drug-likeness (QED) is 0.797. The van der Waals surface area contributed by atoms with E-state index >= 15 is 0 Å². The van der Waals surface area contributed by atoms with E-state index in [4.69, 9.17) is 10.5 Å². The Kier molecular flexibility index (Phi) is 5.00. The minimum absolute atomic E-state index is 0.0164. The molecule has 2 atom stereocenters. The van der Waals surface area contributed by atoms with Crippen molar-refractivity contribution in [1.82, 2.24) is 4.90 Å². The first-order valence-electron chi connectivity index (χ1n) is 7.25. The molecule has 0 aliphatic carbocycles. The van der Waals surface area contributed by atoms with E-state index in [9.17, 15) is 4.79 Å². The maximum atomic E-state index is 12.9. The van der Waals surface area contributed by atoms with Gasteiger partial charge in [-0.3, -0.25) is 4.79 Å². The zero-order chi connectivity index (χ0) is 15.4. The molecule has 1 heterocycles. The van der Waals surface area contributed by atoms with Crippen molar-refractivity contribution in [3.05, 3.63) is 34.9 Å². The Balaban J connectivity index is 2.35. The maximum absolute atomic E-state index is 12.9. The van der Waals surface area contributed by atoms with Gasteiger partial charge in [0.2, 0.25) is 0 Å². The molecule has 0 bridgehead atoms. The molecule has 1 aliphatic rings. The second kappa shape index (κ2) is 6.75. The van der Waals surface area contributed by atoms with Gasteiger partial charge in [-0.25, -0.2) is 0 Å². The summed E-state index contributed by atoms with van der Waals surface area (Å²) in [4.78, 5) is 14.7. The van der Waals surface area contributed by atoms with Crippen LogP contribution in [0.2, 0.25) is 0 Å². The molecule has 1 amide bonds. The van der Waals surface area contributed by atoms with Gasteiger partial charge in [-0.1, -0.05) is 23.5 Å². The van der Waals surface area contributed by atoms with Crippen LogP contribution in [-0.4, -0.2) is 42.6 Å². The lowest BCUT2D eigenvalue weighted by Gasteiger charge is -2.37. The molecular weight excluding hydrogens is 264 g/mol. The van der Waals surface area contributed by atoms with Crippen LogP contribution in [0.3, 0.4) is 0 Å². The van der Waals surface area contributed by atoms with E-state index in [-0.39, 0.29) is 24.6 Å². The number of ether oxygens (including phenoxy) is 1. The van der Waals surface area contributed by atoms with Crippen molar-refractivity contribution in [3.8, 4) is 11.8 Å². The van der Waals surface area contributed by atoms with Gasteiger partial charge in [0.25, 0.3) is 5.91 Å². The molecule has 4 heteroatoms. The lowest BCUT2D eigenvalue weighted by atomic mass is 10.0. The first kappa shape index (κ1) is 15.6. The zero-order valence-electron chi connectivity index (χ0n) is 12.8. The molecule has 1 aromatic carbocycles. The average molecular weight is 286 g/mol. The zero-order valence-corrected chi connectivity index (χ0v) is 12.8. The molecule has 0 aromatic heterocycles. The maximum Gasteiger partial charge on any atom is 0.255 e. The van der Waals surface area contributed by atoms with Crippen molar-refractivity contribution in [2.45, 2.75) is 32.9 Å². The van der Waals surface area contributed by atoms with E-state index < -0.39 is 0 Å². The third-order valence-corrected chi connectivity index (χ3v) is 3.60. The number of hydrogen-bond donors (Lipinski definition) is 1. The van der Waals surface area contributed by atoms with E-state index in [1.165, 1.54) is 0 Å². The summed E-state index contributed by atoms with van der Waals surface area (Å²) in [7, 11) is 0. The molecule has 4 nitrogen and oxygen atoms in total. The Bertz CT molecular complexity index is 586. The van der Waals surface area contributed by atoms with Crippen LogP contribution >= 0.6 is 0 Å². The predicted molar refractivity (Wildman–Crippen MR) is 83.0 cm³/mol. The molecular formula is C17H22N2O2. The highest BCUT2D eigenvalue weighted by Gasteiger charge is 2.29. The van der Waals surface area contributed by atoms with Gasteiger partial charge in [-0.15, -0.1) is 0 Å². The van der Waals surface area contributed by atoms with Crippen LogP contribution in [0.25, 0.3) is 0 Å². The summed E-state index contributed by atoms with van der Waals surface area (Å²) < 4.78 is 5.59. The summed E-state index contributed by atoms with van der Waals surface area (Å²) in [5, 5.41) is 0. The molecule has 1 saturated heterocycles. The van der Waals surface area contributed by atoms with E-state index in [0.717, 1.165) is 11.1 Å². The largest absolute Gasteiger partial charge is 0.375 e. The number of carbonyl (C=O) groups is 1. The molecule has 1 aliphatic heterocycles. The smallest absolute Gasteiger partial charge is 0.255 e. The average Bonchev–Trinajstić information content (AvgIpc) is 2.47. The topological polar surface area (TPSA) is 55.6 Å². The number of nitrogens with zero attached hydrogens (tertiary/aromatic N) is 1. The van der Waals surface area contributed by atoms with E-state index in [1.54, 1.807) is 0 Å². The van der Waals surface area contributed by atoms with Crippen molar-refractivity contribution in [1.29, 1.82) is 0 Å². The minimum atomic E-state index is 0.0164. The first-order chi connectivity index (χ1) is 10.0. The number of morpholine rings is 1. The van der Waals surface area contributed by atoms with Crippen LogP contribution in [-0.2, 0) is 4.74 Å². The van der Waals surface area contributed by atoms with Crippen LogP contribution in [0.4, 0.5) is 0 Å².